The molecule has 1 aromatic rings. The number of nitrogens with zero attached hydrogens (tertiary/aromatic N) is 1. The van der Waals surface area contributed by atoms with Gasteiger partial charge >= 0.3 is 0 Å². The minimum absolute atomic E-state index is 0.293. The minimum atomic E-state index is -0.675. The van der Waals surface area contributed by atoms with Crippen molar-refractivity contribution in [1.29, 1.82) is 0 Å². The summed E-state index contributed by atoms with van der Waals surface area (Å²) in [5.74, 6) is -0.293. The summed E-state index contributed by atoms with van der Waals surface area (Å²) in [7, 11) is 0. The van der Waals surface area contributed by atoms with Gasteiger partial charge in [0.05, 0.1) is 11.6 Å². The second-order valence-electron chi connectivity index (χ2n) is 4.21. The number of rotatable bonds is 3. The molecule has 0 aliphatic rings. The first-order valence-electron chi connectivity index (χ1n) is 4.95. The Bertz CT molecular complexity index is 374. The molecule has 0 aliphatic carbocycles. The fourth-order valence-electron chi connectivity index (χ4n) is 0.971. The Morgan fingerprint density at radius 3 is 2.62 bits per heavy atom. The van der Waals surface area contributed by atoms with Crippen LogP contribution < -0.4 is 5.32 Å². The molecule has 1 aromatic heterocycles. The third kappa shape index (κ3) is 3.28. The van der Waals surface area contributed by atoms with Crippen molar-refractivity contribution in [3.63, 3.8) is 0 Å². The highest BCUT2D eigenvalue weighted by Gasteiger charge is 2.26. The van der Waals surface area contributed by atoms with Crippen molar-refractivity contribution in [2.75, 3.05) is 0 Å². The molecule has 1 heterocycles. The molecule has 0 bridgehead atoms. The fraction of sp³-hybridized carbons (Fsp3) is 0.455. The maximum absolute atomic E-state index is 11.8. The average molecular weight is 287 g/mol. The number of aliphatic hydroxyl groups is 1. The average Bonchev–Trinajstić information content (AvgIpc) is 2.17. The molecule has 16 heavy (non-hydrogen) atoms. The third-order valence-electron chi connectivity index (χ3n) is 2.44. The van der Waals surface area contributed by atoms with Gasteiger partial charge in [0, 0.05) is 10.7 Å². The second kappa shape index (κ2) is 4.93. The van der Waals surface area contributed by atoms with Crippen LogP contribution in [-0.4, -0.2) is 27.6 Å². The number of hydrogen-bond donors (Lipinski definition) is 2. The SMILES string of the molecule is CC(O)C(C)(C)NC(=O)c1ccc(Br)cn1. The highest BCUT2D eigenvalue weighted by molar-refractivity contribution is 9.10. The highest BCUT2D eigenvalue weighted by Crippen LogP contribution is 2.11. The lowest BCUT2D eigenvalue weighted by Gasteiger charge is -2.29. The fourth-order valence-corrected chi connectivity index (χ4v) is 1.21. The van der Waals surface area contributed by atoms with Gasteiger partial charge in [-0.25, -0.2) is 4.98 Å². The van der Waals surface area contributed by atoms with Crippen molar-refractivity contribution < 1.29 is 9.90 Å². The zero-order valence-electron chi connectivity index (χ0n) is 9.49. The van der Waals surface area contributed by atoms with Gasteiger partial charge in [-0.3, -0.25) is 4.79 Å². The maximum atomic E-state index is 11.8. The number of nitrogens with one attached hydrogen (secondary N) is 1. The van der Waals surface area contributed by atoms with Crippen molar-refractivity contribution in [2.24, 2.45) is 0 Å². The quantitative estimate of drug-likeness (QED) is 0.890. The predicted octanol–water partition coefficient (Wildman–Crippen LogP) is 1.73. The van der Waals surface area contributed by atoms with E-state index in [1.54, 1.807) is 39.1 Å². The summed E-state index contributed by atoms with van der Waals surface area (Å²) in [4.78, 5) is 15.8. The van der Waals surface area contributed by atoms with Gasteiger partial charge in [-0.15, -0.1) is 0 Å². The van der Waals surface area contributed by atoms with Gasteiger partial charge in [-0.05, 0) is 48.8 Å². The van der Waals surface area contributed by atoms with Crippen LogP contribution in [0.5, 0.6) is 0 Å². The van der Waals surface area contributed by atoms with Crippen LogP contribution in [0.3, 0.4) is 0 Å². The van der Waals surface area contributed by atoms with Crippen LogP contribution in [0.4, 0.5) is 0 Å². The monoisotopic (exact) mass is 286 g/mol. The minimum Gasteiger partial charge on any atom is -0.391 e. The summed E-state index contributed by atoms with van der Waals surface area (Å²) in [6.07, 6.45) is 0.927. The first-order valence-corrected chi connectivity index (χ1v) is 5.74. The van der Waals surface area contributed by atoms with E-state index in [9.17, 15) is 9.90 Å². The molecule has 2 N–H and O–H groups in total. The molecule has 88 valence electrons. The first kappa shape index (κ1) is 13.1. The predicted molar refractivity (Wildman–Crippen MR) is 65.2 cm³/mol. The van der Waals surface area contributed by atoms with Gasteiger partial charge < -0.3 is 10.4 Å². The van der Waals surface area contributed by atoms with E-state index in [-0.39, 0.29) is 5.91 Å². The molecular weight excluding hydrogens is 272 g/mol. The lowest BCUT2D eigenvalue weighted by Crippen LogP contribution is -2.51. The molecule has 0 radical (unpaired) electrons. The standard InChI is InChI=1S/C11H15BrN2O2/c1-7(15)11(2,3)14-10(16)9-5-4-8(12)6-13-9/h4-7,15H,1-3H3,(H,14,16). The van der Waals surface area contributed by atoms with Crippen LogP contribution in [0.2, 0.25) is 0 Å². The van der Waals surface area contributed by atoms with Crippen LogP contribution in [0.1, 0.15) is 31.3 Å². The second-order valence-corrected chi connectivity index (χ2v) is 5.13. The maximum Gasteiger partial charge on any atom is 0.270 e. The molecule has 4 nitrogen and oxygen atoms in total. The molecule has 1 amide bonds. The lowest BCUT2D eigenvalue weighted by molar-refractivity contribution is 0.0705. The number of aliphatic hydroxyl groups excluding tert-OH is 1. The Morgan fingerprint density at radius 1 is 1.56 bits per heavy atom. The Kier molecular flexibility index (Phi) is 4.04. The van der Waals surface area contributed by atoms with Crippen molar-refractivity contribution in [3.05, 3.63) is 28.5 Å². The Hall–Kier alpha value is -0.940. The molecule has 0 aromatic carbocycles. The summed E-state index contributed by atoms with van der Waals surface area (Å²) in [5.41, 5.74) is -0.344. The van der Waals surface area contributed by atoms with E-state index in [1.165, 1.54) is 0 Å². The van der Waals surface area contributed by atoms with Gasteiger partial charge in [-0.2, -0.15) is 0 Å². The van der Waals surface area contributed by atoms with Gasteiger partial charge in [-0.1, -0.05) is 0 Å². The molecule has 1 atom stereocenters. The van der Waals surface area contributed by atoms with E-state index in [4.69, 9.17) is 0 Å². The topological polar surface area (TPSA) is 62.2 Å². The van der Waals surface area contributed by atoms with E-state index in [2.05, 4.69) is 26.2 Å². The molecule has 5 heteroatoms. The van der Waals surface area contributed by atoms with E-state index in [1.807, 2.05) is 0 Å². The van der Waals surface area contributed by atoms with E-state index in [0.717, 1.165) is 4.47 Å². The molecule has 1 unspecified atom stereocenters. The molecule has 0 saturated heterocycles. The largest absolute Gasteiger partial charge is 0.391 e. The Labute approximate surface area is 103 Å². The van der Waals surface area contributed by atoms with E-state index in [0.29, 0.717) is 5.69 Å². The first-order chi connectivity index (χ1) is 7.33. The van der Waals surface area contributed by atoms with Gasteiger partial charge in [0.15, 0.2) is 0 Å². The molecule has 0 fully saturated rings. The zero-order valence-corrected chi connectivity index (χ0v) is 11.1. The number of carbonyl (C=O) groups excluding carboxylic acids is 1. The Balaban J connectivity index is 2.77. The van der Waals surface area contributed by atoms with Gasteiger partial charge in [0.1, 0.15) is 5.69 Å². The van der Waals surface area contributed by atoms with Crippen LogP contribution in [0, 0.1) is 0 Å². The van der Waals surface area contributed by atoms with Gasteiger partial charge in [0.25, 0.3) is 5.91 Å². The molecule has 0 aliphatic heterocycles. The number of halogens is 1. The van der Waals surface area contributed by atoms with Crippen molar-refractivity contribution >= 4 is 21.8 Å². The Morgan fingerprint density at radius 2 is 2.19 bits per heavy atom. The van der Waals surface area contributed by atoms with Crippen LogP contribution in [-0.2, 0) is 0 Å². The zero-order chi connectivity index (χ0) is 12.3. The summed E-state index contributed by atoms with van der Waals surface area (Å²) in [5, 5.41) is 12.2. The number of aromatic nitrogens is 1. The number of amides is 1. The third-order valence-corrected chi connectivity index (χ3v) is 2.91. The number of carbonyl (C=O) groups is 1. The summed E-state index contributed by atoms with van der Waals surface area (Å²) >= 11 is 3.24. The summed E-state index contributed by atoms with van der Waals surface area (Å²) < 4.78 is 0.818. The highest BCUT2D eigenvalue weighted by atomic mass is 79.9. The van der Waals surface area contributed by atoms with Crippen LogP contribution in [0.15, 0.2) is 22.8 Å². The van der Waals surface area contributed by atoms with Crippen molar-refractivity contribution in [2.45, 2.75) is 32.4 Å². The number of hydrogen-bond acceptors (Lipinski definition) is 3. The lowest BCUT2D eigenvalue weighted by atomic mass is 9.98. The summed E-state index contributed by atoms with van der Waals surface area (Å²) in [6, 6.07) is 3.37. The van der Waals surface area contributed by atoms with Crippen LogP contribution >= 0.6 is 15.9 Å². The van der Waals surface area contributed by atoms with E-state index < -0.39 is 11.6 Å². The van der Waals surface area contributed by atoms with Crippen molar-refractivity contribution in [1.82, 2.24) is 10.3 Å². The molecule has 0 saturated carbocycles. The van der Waals surface area contributed by atoms with Gasteiger partial charge in [0.2, 0.25) is 0 Å². The molecule has 1 rings (SSSR count). The summed E-state index contributed by atoms with van der Waals surface area (Å²) in [6.45, 7) is 5.15. The van der Waals surface area contributed by atoms with Crippen molar-refractivity contribution in [3.8, 4) is 0 Å². The van der Waals surface area contributed by atoms with Crippen LogP contribution in [0.25, 0.3) is 0 Å². The number of pyridine rings is 1. The van der Waals surface area contributed by atoms with E-state index >= 15 is 0 Å². The normalized spacial score (nSPS) is 13.3. The molecular formula is C11H15BrN2O2. The molecule has 0 spiro atoms. The smallest absolute Gasteiger partial charge is 0.270 e.